The fourth-order valence-electron chi connectivity index (χ4n) is 17.6. The van der Waals surface area contributed by atoms with Crippen LogP contribution in [0.5, 0.6) is 0 Å². The summed E-state index contributed by atoms with van der Waals surface area (Å²) in [6.07, 6.45) is 0. The third-order valence-electron chi connectivity index (χ3n) is 22.9. The van der Waals surface area contributed by atoms with Crippen LogP contribution in [0, 0.1) is 0 Å². The Morgan fingerprint density at radius 2 is 0.422 bits per heavy atom. The summed E-state index contributed by atoms with van der Waals surface area (Å²) in [6, 6.07) is 156. The lowest BCUT2D eigenvalue weighted by molar-refractivity contribution is 0.669. The van der Waals surface area contributed by atoms with E-state index in [4.69, 9.17) is 8.83 Å². The summed E-state index contributed by atoms with van der Waals surface area (Å²) < 4.78 is 19.7. The molecule has 5 heterocycles. The number of anilines is 9. The molecule has 8 nitrogen and oxygen atoms in total. The van der Waals surface area contributed by atoms with Gasteiger partial charge in [0.15, 0.2) is 0 Å². The van der Waals surface area contributed by atoms with Crippen molar-refractivity contribution in [3.05, 3.63) is 437 Å². The van der Waals surface area contributed by atoms with Crippen LogP contribution in [0.4, 0.5) is 51.2 Å². The molecule has 0 radical (unpaired) electrons. The summed E-state index contributed by atoms with van der Waals surface area (Å²) in [5.41, 5.74) is 28.4. The highest BCUT2D eigenvalue weighted by molar-refractivity contribution is 6.13. The van der Waals surface area contributed by atoms with Crippen molar-refractivity contribution in [2.75, 3.05) is 14.7 Å². The van der Waals surface area contributed by atoms with Crippen LogP contribution in [0.2, 0.25) is 0 Å². The number of hydrogen-bond acceptors (Lipinski definition) is 5. The van der Waals surface area contributed by atoms with E-state index in [0.717, 1.165) is 134 Å². The Bertz CT molecular complexity index is 7250. The van der Waals surface area contributed by atoms with Gasteiger partial charge < -0.3 is 37.2 Å². The first kappa shape index (κ1) is 67.3. The minimum Gasteiger partial charge on any atom is -0.456 e. The Morgan fingerprint density at radius 3 is 0.793 bits per heavy atom. The molecule has 0 bridgehead atoms. The number of benzene rings is 18. The van der Waals surface area contributed by atoms with Gasteiger partial charge >= 0.3 is 0 Å². The quantitative estimate of drug-likeness (QED) is 0.109. The molecule has 116 heavy (non-hydrogen) atoms. The number of hydrogen-bond donors (Lipinski definition) is 0. The van der Waals surface area contributed by atoms with Gasteiger partial charge in [0.2, 0.25) is 0 Å². The number of furan rings is 2. The molecule has 23 aromatic rings. The van der Waals surface area contributed by atoms with E-state index in [9.17, 15) is 0 Å². The van der Waals surface area contributed by atoms with Gasteiger partial charge in [-0.05, 0) is 223 Å². The average molecular weight is 1490 g/mol. The lowest BCUT2D eigenvalue weighted by Gasteiger charge is -2.28. The topological polar surface area (TPSA) is 50.8 Å². The average Bonchev–Trinajstić information content (AvgIpc) is 1.60. The molecule has 0 aliphatic carbocycles. The molecule has 5 aromatic heterocycles. The van der Waals surface area contributed by atoms with E-state index in [-0.39, 0.29) is 0 Å². The molecule has 0 saturated heterocycles. The summed E-state index contributed by atoms with van der Waals surface area (Å²) in [6.45, 7) is 0. The second kappa shape index (κ2) is 28.3. The second-order valence-corrected chi connectivity index (χ2v) is 29.5. The Morgan fingerprint density at radius 1 is 0.164 bits per heavy atom. The number of fused-ring (bicyclic) bond motifs is 15. The van der Waals surface area contributed by atoms with Gasteiger partial charge in [0, 0.05) is 128 Å². The van der Waals surface area contributed by atoms with Gasteiger partial charge in [0.25, 0.3) is 0 Å². The van der Waals surface area contributed by atoms with E-state index in [1.54, 1.807) is 0 Å². The highest BCUT2D eigenvalue weighted by atomic mass is 16.3. The van der Waals surface area contributed by atoms with Crippen molar-refractivity contribution in [3.63, 3.8) is 0 Å². The molecule has 18 aromatic carbocycles. The molecule has 0 saturated carbocycles. The first-order valence-electron chi connectivity index (χ1n) is 39.4. The van der Waals surface area contributed by atoms with Crippen molar-refractivity contribution in [1.29, 1.82) is 0 Å². The van der Waals surface area contributed by atoms with E-state index < -0.39 is 0 Å². The van der Waals surface area contributed by atoms with Gasteiger partial charge in [0.05, 0.1) is 33.1 Å². The predicted molar refractivity (Wildman–Crippen MR) is 485 cm³/mol. The van der Waals surface area contributed by atoms with Crippen LogP contribution in [0.15, 0.2) is 446 Å². The van der Waals surface area contributed by atoms with Crippen LogP contribution in [0.25, 0.3) is 149 Å². The zero-order valence-electron chi connectivity index (χ0n) is 63.1. The molecular weight excluding hydrogens is 1410 g/mol. The number of para-hydroxylation sites is 11. The monoisotopic (exact) mass is 1480 g/mol. The van der Waals surface area contributed by atoms with Crippen LogP contribution >= 0.6 is 0 Å². The molecule has 23 rings (SSSR count). The van der Waals surface area contributed by atoms with Crippen LogP contribution < -0.4 is 14.7 Å². The van der Waals surface area contributed by atoms with Crippen LogP contribution in [-0.4, -0.2) is 13.7 Å². The van der Waals surface area contributed by atoms with E-state index in [0.29, 0.717) is 0 Å². The number of rotatable bonds is 14. The minimum absolute atomic E-state index is 0.902. The van der Waals surface area contributed by atoms with Crippen molar-refractivity contribution in [2.24, 2.45) is 0 Å². The zero-order valence-corrected chi connectivity index (χ0v) is 63.1. The Kier molecular flexibility index (Phi) is 16.4. The predicted octanol–water partition coefficient (Wildman–Crippen LogP) is 30.2. The Labute approximate surface area is 669 Å². The standard InChI is InChI=1S/C54H35N3O.C54H37N3O/c1-6-16-49-43(11-1)44-12-2-7-17-50(44)56(49)41-30-26-39(27-31-41)55(38-24-21-36(22-25-38)37-23-34-54-48(35-37)47-15-5-10-20-53(47)58-54)40-28-32-42(33-29-40)57-51-18-8-3-13-45(51)46-14-4-9-19-52(46)57;1-3-14-39(15-4-1)55(40-16-5-2-6-17-40)42-30-32-43(33-31-42)56(41-28-26-38(27-29-41)46-21-13-22-50-49-20-9-12-25-53(49)58-54(46)50)44-34-36-45(37-35-44)57-51-23-10-7-18-47(51)48-19-8-11-24-52(48)57/h1-35H;1-37H. The van der Waals surface area contributed by atoms with Crippen molar-refractivity contribution < 1.29 is 8.83 Å². The largest absolute Gasteiger partial charge is 0.456 e. The van der Waals surface area contributed by atoms with E-state index in [1.165, 1.54) is 65.4 Å². The lowest BCUT2D eigenvalue weighted by Crippen LogP contribution is -2.12. The molecule has 0 amide bonds. The highest BCUT2D eigenvalue weighted by Gasteiger charge is 2.23. The van der Waals surface area contributed by atoms with Crippen LogP contribution in [0.1, 0.15) is 0 Å². The summed E-state index contributed by atoms with van der Waals surface area (Å²) in [4.78, 5) is 6.98. The maximum absolute atomic E-state index is 6.43. The van der Waals surface area contributed by atoms with E-state index in [1.807, 2.05) is 24.3 Å². The van der Waals surface area contributed by atoms with Crippen LogP contribution in [-0.2, 0) is 0 Å². The number of aromatic nitrogens is 3. The fourth-order valence-corrected chi connectivity index (χ4v) is 17.6. The first-order chi connectivity index (χ1) is 57.5. The highest BCUT2D eigenvalue weighted by Crippen LogP contribution is 2.45. The molecule has 0 aliphatic heterocycles. The molecule has 0 atom stereocenters. The molecule has 8 heteroatoms. The second-order valence-electron chi connectivity index (χ2n) is 29.5. The minimum atomic E-state index is 0.902. The summed E-state index contributed by atoms with van der Waals surface area (Å²) in [5, 5.41) is 12.1. The maximum atomic E-state index is 6.43. The lowest BCUT2D eigenvalue weighted by atomic mass is 10.0. The van der Waals surface area contributed by atoms with Crippen molar-refractivity contribution >= 4 is 160 Å². The fraction of sp³-hybridized carbons (Fsp3) is 0. The third kappa shape index (κ3) is 11.6. The first-order valence-corrected chi connectivity index (χ1v) is 39.4. The molecule has 0 N–H and O–H groups in total. The normalized spacial score (nSPS) is 11.6. The van der Waals surface area contributed by atoms with Gasteiger partial charge in [-0.2, -0.15) is 0 Å². The summed E-state index contributed by atoms with van der Waals surface area (Å²) in [7, 11) is 0. The smallest absolute Gasteiger partial charge is 0.143 e. The van der Waals surface area contributed by atoms with Gasteiger partial charge in [-0.25, -0.2) is 0 Å². The Hall–Kier alpha value is -15.6. The molecule has 0 spiro atoms. The van der Waals surface area contributed by atoms with Crippen molar-refractivity contribution in [1.82, 2.24) is 13.7 Å². The van der Waals surface area contributed by atoms with E-state index >= 15 is 0 Å². The van der Waals surface area contributed by atoms with Crippen molar-refractivity contribution in [2.45, 2.75) is 0 Å². The molecule has 0 aliphatic rings. The van der Waals surface area contributed by atoms with Gasteiger partial charge in [0.1, 0.15) is 22.3 Å². The van der Waals surface area contributed by atoms with Crippen molar-refractivity contribution in [3.8, 4) is 39.3 Å². The zero-order chi connectivity index (χ0) is 76.6. The molecule has 0 fully saturated rings. The van der Waals surface area contributed by atoms with Gasteiger partial charge in [-0.3, -0.25) is 0 Å². The molecule has 0 unspecified atom stereocenters. The maximum Gasteiger partial charge on any atom is 0.143 e. The number of nitrogens with zero attached hydrogens (tertiary/aromatic N) is 6. The van der Waals surface area contributed by atoms with E-state index in [2.05, 4.69) is 441 Å². The molecular formula is C108H72N6O2. The third-order valence-corrected chi connectivity index (χ3v) is 22.9. The van der Waals surface area contributed by atoms with Gasteiger partial charge in [-0.1, -0.05) is 231 Å². The summed E-state index contributed by atoms with van der Waals surface area (Å²) in [5.74, 6) is 0. The van der Waals surface area contributed by atoms with Gasteiger partial charge in [-0.15, -0.1) is 0 Å². The Balaban J connectivity index is 0.000000141. The SMILES string of the molecule is c1ccc(N(c2ccccc2)c2ccc(N(c3ccc(-c4cccc5c4oc4ccccc45)cc3)c3ccc(-n4c5ccccc5c5ccccc54)cc3)cc2)cc1.c1ccc2c(c1)oc1ccc(-c3ccc(N(c4ccc(-n5c6ccccc6c6ccccc65)cc4)c4ccc(-n5c6ccccc6c6ccccc65)cc4)cc3)cc12. The van der Waals surface area contributed by atoms with Crippen LogP contribution in [0.3, 0.4) is 0 Å². The molecule has 546 valence electrons. The summed E-state index contributed by atoms with van der Waals surface area (Å²) >= 11 is 0.